The number of nitrogens with one attached hydrogen (secondary N) is 5. The van der Waals surface area contributed by atoms with Gasteiger partial charge in [0.1, 0.15) is 28.8 Å². The molecule has 0 fully saturated rings. The van der Waals surface area contributed by atoms with E-state index in [0.29, 0.717) is 36.7 Å². The number of carbonyl (C=O) groups excluding carboxylic acids is 5. The summed E-state index contributed by atoms with van der Waals surface area (Å²) >= 11 is 2.81. The highest BCUT2D eigenvalue weighted by Gasteiger charge is 2.31. The van der Waals surface area contributed by atoms with Gasteiger partial charge in [-0.15, -0.1) is 11.3 Å². The average molecular weight is 779 g/mol. The van der Waals surface area contributed by atoms with Crippen LogP contribution in [-0.4, -0.2) is 93.7 Å². The first-order valence-electron chi connectivity index (χ1n) is 18.6. The number of thiazole rings is 1. The molecule has 292 valence electrons. The number of hydrogen-bond acceptors (Lipinski definition) is 10. The van der Waals surface area contributed by atoms with Crippen molar-refractivity contribution >= 4 is 52.6 Å². The molecule has 1 aliphatic heterocycles. The Hall–Kier alpha value is -4.34. The van der Waals surface area contributed by atoms with Gasteiger partial charge in [0.05, 0.1) is 18.3 Å². The number of hydrogen-bond donors (Lipinski definition) is 5. The lowest BCUT2D eigenvalue weighted by atomic mass is 10.0. The van der Waals surface area contributed by atoms with Crippen LogP contribution >= 0.6 is 23.1 Å². The lowest BCUT2D eigenvalue weighted by molar-refractivity contribution is -0.132. The molecule has 1 aliphatic rings. The number of fused-ring (bicyclic) bond motifs is 2. The second kappa shape index (κ2) is 20.9. The molecule has 3 heterocycles. The smallest absolute Gasteiger partial charge is 0.271 e. The van der Waals surface area contributed by atoms with Crippen LogP contribution in [0.15, 0.2) is 54.0 Å². The normalized spacial score (nSPS) is 22.7. The molecule has 2 bridgehead atoms. The third kappa shape index (κ3) is 12.6. The summed E-state index contributed by atoms with van der Waals surface area (Å²) in [6, 6.07) is 10.0. The molecular formula is C39H54N8O5S2. The van der Waals surface area contributed by atoms with Crippen molar-refractivity contribution < 1.29 is 24.0 Å². The molecule has 54 heavy (non-hydrogen) atoms. The molecule has 4 rings (SSSR count). The van der Waals surface area contributed by atoms with E-state index in [2.05, 4.69) is 43.5 Å². The summed E-state index contributed by atoms with van der Waals surface area (Å²) < 4.78 is 0. The molecule has 2 aromatic heterocycles. The Balaban J connectivity index is 1.74. The maximum atomic E-state index is 14.1. The van der Waals surface area contributed by atoms with E-state index in [1.54, 1.807) is 24.1 Å². The summed E-state index contributed by atoms with van der Waals surface area (Å²) in [6.07, 6.45) is 5.71. The zero-order chi connectivity index (χ0) is 39.2. The van der Waals surface area contributed by atoms with Gasteiger partial charge in [-0.3, -0.25) is 33.9 Å². The molecule has 15 heteroatoms. The highest BCUT2D eigenvalue weighted by molar-refractivity contribution is 7.98. The number of aryl methyl sites for hydroxylation is 1. The van der Waals surface area contributed by atoms with Crippen LogP contribution in [0.3, 0.4) is 0 Å². The lowest BCUT2D eigenvalue weighted by Crippen LogP contribution is -2.57. The van der Waals surface area contributed by atoms with E-state index in [1.807, 2.05) is 73.7 Å². The molecule has 0 saturated carbocycles. The minimum Gasteiger partial charge on any atom is -0.350 e. The van der Waals surface area contributed by atoms with Gasteiger partial charge in [0, 0.05) is 30.7 Å². The highest BCUT2D eigenvalue weighted by atomic mass is 32.2. The summed E-state index contributed by atoms with van der Waals surface area (Å²) in [6.45, 7) is 9.93. The van der Waals surface area contributed by atoms with E-state index in [0.717, 1.165) is 23.2 Å². The highest BCUT2D eigenvalue weighted by Crippen LogP contribution is 2.25. The van der Waals surface area contributed by atoms with Gasteiger partial charge in [-0.05, 0) is 67.7 Å². The topological polar surface area (TPSA) is 175 Å². The average Bonchev–Trinajstić information content (AvgIpc) is 3.64. The quantitative estimate of drug-likeness (QED) is 0.207. The fourth-order valence-corrected chi connectivity index (χ4v) is 7.57. The third-order valence-corrected chi connectivity index (χ3v) is 10.8. The lowest BCUT2D eigenvalue weighted by Gasteiger charge is -2.30. The molecule has 0 unspecified atom stereocenters. The first kappa shape index (κ1) is 42.4. The molecule has 1 aromatic carbocycles. The van der Waals surface area contributed by atoms with Gasteiger partial charge in [0.2, 0.25) is 23.6 Å². The van der Waals surface area contributed by atoms with Crippen LogP contribution in [-0.2, 0) is 38.6 Å². The SMILES string of the molecule is CCc1ccc(CN2CC(=O)N[C@@H](C(C)C)c3nc(cs3)C(=O)N[C@H](C)C(=O)N[C@@H](CC)C(=O)N[C@@H](CCSC)C(=O)N[C@@H](Cc3ccccc3)C2)nc1. The number of thioether (sulfide) groups is 1. The number of aromatic nitrogens is 2. The van der Waals surface area contributed by atoms with Gasteiger partial charge in [0.15, 0.2) is 0 Å². The van der Waals surface area contributed by atoms with Crippen LogP contribution in [0.25, 0.3) is 0 Å². The predicted octanol–water partition coefficient (Wildman–Crippen LogP) is 3.41. The van der Waals surface area contributed by atoms with E-state index < -0.39 is 47.9 Å². The Morgan fingerprint density at radius 1 is 0.889 bits per heavy atom. The van der Waals surface area contributed by atoms with Crippen LogP contribution in [0, 0.1) is 5.92 Å². The summed E-state index contributed by atoms with van der Waals surface area (Å²) in [4.78, 5) is 79.2. The molecular weight excluding hydrogens is 725 g/mol. The van der Waals surface area contributed by atoms with Crippen molar-refractivity contribution in [1.29, 1.82) is 0 Å². The number of nitrogens with zero attached hydrogens (tertiary/aromatic N) is 3. The van der Waals surface area contributed by atoms with Gasteiger partial charge in [-0.1, -0.05) is 64.1 Å². The van der Waals surface area contributed by atoms with Gasteiger partial charge < -0.3 is 26.6 Å². The van der Waals surface area contributed by atoms with Crippen LogP contribution in [0.5, 0.6) is 0 Å². The largest absolute Gasteiger partial charge is 0.350 e. The summed E-state index contributed by atoms with van der Waals surface area (Å²) in [5, 5.41) is 16.8. The summed E-state index contributed by atoms with van der Waals surface area (Å²) in [7, 11) is 0. The van der Waals surface area contributed by atoms with Crippen LogP contribution in [0.1, 0.15) is 85.8 Å². The van der Waals surface area contributed by atoms with Gasteiger partial charge in [-0.2, -0.15) is 11.8 Å². The maximum absolute atomic E-state index is 14.1. The van der Waals surface area contributed by atoms with Crippen molar-refractivity contribution in [2.24, 2.45) is 5.92 Å². The predicted molar refractivity (Wildman–Crippen MR) is 213 cm³/mol. The van der Waals surface area contributed by atoms with E-state index in [-0.39, 0.29) is 36.4 Å². The van der Waals surface area contributed by atoms with Crippen molar-refractivity contribution in [3.8, 4) is 0 Å². The van der Waals surface area contributed by atoms with Crippen LogP contribution < -0.4 is 26.6 Å². The Kier molecular flexibility index (Phi) is 16.4. The fourth-order valence-electron chi connectivity index (χ4n) is 6.08. The molecule has 0 saturated heterocycles. The van der Waals surface area contributed by atoms with E-state index in [1.165, 1.54) is 18.3 Å². The van der Waals surface area contributed by atoms with Crippen LogP contribution in [0.4, 0.5) is 0 Å². The summed E-state index contributed by atoms with van der Waals surface area (Å²) in [5.74, 6) is -1.67. The van der Waals surface area contributed by atoms with Crippen LogP contribution in [0.2, 0.25) is 0 Å². The van der Waals surface area contributed by atoms with Gasteiger partial charge in [-0.25, -0.2) is 4.98 Å². The third-order valence-electron chi connectivity index (χ3n) is 9.23. The Morgan fingerprint density at radius 3 is 2.26 bits per heavy atom. The zero-order valence-electron chi connectivity index (χ0n) is 32.0. The fraction of sp³-hybridized carbons (Fsp3) is 0.513. The Bertz CT molecular complexity index is 1700. The minimum atomic E-state index is -0.979. The number of amides is 5. The second-order valence-electron chi connectivity index (χ2n) is 13.9. The van der Waals surface area contributed by atoms with Gasteiger partial charge >= 0.3 is 0 Å². The molecule has 0 spiro atoms. The van der Waals surface area contributed by atoms with E-state index >= 15 is 0 Å². The second-order valence-corrected chi connectivity index (χ2v) is 15.8. The van der Waals surface area contributed by atoms with Crippen molar-refractivity contribution in [2.75, 3.05) is 25.1 Å². The molecule has 5 amide bonds. The number of rotatable bonds is 10. The van der Waals surface area contributed by atoms with Gasteiger partial charge in [0.25, 0.3) is 5.91 Å². The maximum Gasteiger partial charge on any atom is 0.271 e. The minimum absolute atomic E-state index is 0.00355. The molecule has 13 nitrogen and oxygen atoms in total. The van der Waals surface area contributed by atoms with E-state index in [9.17, 15) is 24.0 Å². The monoisotopic (exact) mass is 778 g/mol. The number of pyridine rings is 1. The van der Waals surface area contributed by atoms with Crippen molar-refractivity contribution in [3.05, 3.63) is 81.6 Å². The Morgan fingerprint density at radius 2 is 1.61 bits per heavy atom. The molecule has 0 aliphatic carbocycles. The summed E-state index contributed by atoms with van der Waals surface area (Å²) in [5.41, 5.74) is 3.00. The standard InChI is InChI=1S/C39H54N8O5S2/c1-7-26-14-15-28(40-19-26)20-47-21-29(18-27-12-10-9-11-13-27)42-37(51)31(16-17-53-6)44-36(50)30(8-2)43-35(49)25(5)41-38(52)32-23-54-39(45-32)34(24(3)4)46-33(48)22-47/h9-15,19,23-25,29-31,34H,7-8,16-18,20-22H2,1-6H3,(H,41,52)(H,42,51)(H,43,49)(H,44,50)(H,46,48)/t25-,29+,30+,31+,34+/m1/s1. The zero-order valence-corrected chi connectivity index (χ0v) is 33.6. The molecule has 5 N–H and O–H groups in total. The Labute approximate surface area is 326 Å². The van der Waals surface area contributed by atoms with Crippen molar-refractivity contribution in [3.63, 3.8) is 0 Å². The molecule has 3 aromatic rings. The van der Waals surface area contributed by atoms with E-state index in [4.69, 9.17) is 0 Å². The first-order valence-corrected chi connectivity index (χ1v) is 20.8. The van der Waals surface area contributed by atoms with Crippen molar-refractivity contribution in [1.82, 2.24) is 41.5 Å². The molecule has 0 radical (unpaired) electrons. The first-order chi connectivity index (χ1) is 25.9. The molecule has 5 atom stereocenters. The number of carbonyl (C=O) groups is 5. The number of benzene rings is 1. The van der Waals surface area contributed by atoms with Crippen molar-refractivity contribution in [2.45, 2.75) is 97.1 Å².